The Balaban J connectivity index is 1.92. The summed E-state index contributed by atoms with van der Waals surface area (Å²) in [6.07, 6.45) is -5.21. The van der Waals surface area contributed by atoms with Gasteiger partial charge in [0.1, 0.15) is 5.75 Å². The van der Waals surface area contributed by atoms with E-state index in [0.29, 0.717) is 5.82 Å². The van der Waals surface area contributed by atoms with Gasteiger partial charge in [-0.05, 0) is 31.2 Å². The van der Waals surface area contributed by atoms with E-state index in [1.54, 1.807) is 14.0 Å². The third kappa shape index (κ3) is 4.19. The van der Waals surface area contributed by atoms with Crippen LogP contribution in [-0.2, 0) is 13.2 Å². The predicted molar refractivity (Wildman–Crippen MR) is 100 cm³/mol. The number of rotatable bonds is 5. The first-order valence-corrected chi connectivity index (χ1v) is 8.79. The number of ether oxygens (including phenoxy) is 1. The zero-order valence-electron chi connectivity index (χ0n) is 15.4. The molecule has 29 heavy (non-hydrogen) atoms. The largest absolute Gasteiger partial charge is 0.481 e. The molecule has 0 bridgehead atoms. The van der Waals surface area contributed by atoms with Crippen molar-refractivity contribution in [3.63, 3.8) is 0 Å². The van der Waals surface area contributed by atoms with Crippen molar-refractivity contribution in [2.75, 3.05) is 0 Å². The molecule has 0 saturated heterocycles. The number of carbonyl (C=O) groups excluding carboxylic acids is 1. The Kier molecular flexibility index (Phi) is 5.52. The van der Waals surface area contributed by atoms with Crippen LogP contribution in [0.15, 0.2) is 42.5 Å². The van der Waals surface area contributed by atoms with Gasteiger partial charge in [-0.15, -0.1) is 10.2 Å². The number of hydrogen-bond acceptors (Lipinski definition) is 4. The van der Waals surface area contributed by atoms with Crippen LogP contribution in [0.5, 0.6) is 5.75 Å². The van der Waals surface area contributed by atoms with Crippen LogP contribution in [0.1, 0.15) is 34.8 Å². The normalized spacial score (nSPS) is 12.6. The first-order chi connectivity index (χ1) is 13.6. The third-order valence-electron chi connectivity index (χ3n) is 4.27. The topological polar surface area (TPSA) is 83.0 Å². The molecule has 0 radical (unpaired) electrons. The minimum absolute atomic E-state index is 0.0542. The van der Waals surface area contributed by atoms with Crippen LogP contribution < -0.4 is 10.5 Å². The van der Waals surface area contributed by atoms with Crippen molar-refractivity contribution in [2.45, 2.75) is 19.2 Å². The maximum atomic E-state index is 13.3. The van der Waals surface area contributed by atoms with Gasteiger partial charge in [-0.1, -0.05) is 29.8 Å². The Hall–Kier alpha value is -3.07. The van der Waals surface area contributed by atoms with Crippen molar-refractivity contribution in [3.8, 4) is 17.1 Å². The maximum absolute atomic E-state index is 13.3. The molecule has 0 saturated carbocycles. The van der Waals surface area contributed by atoms with Gasteiger partial charge in [0.2, 0.25) is 5.91 Å². The number of amides is 1. The summed E-state index contributed by atoms with van der Waals surface area (Å²) in [5, 5.41) is 8.08. The molecule has 0 fully saturated rings. The number of hydrogen-bond donors (Lipinski definition) is 1. The van der Waals surface area contributed by atoms with E-state index in [2.05, 4.69) is 10.2 Å². The van der Waals surface area contributed by atoms with Gasteiger partial charge in [0.05, 0.1) is 10.6 Å². The molecule has 1 aromatic heterocycles. The van der Waals surface area contributed by atoms with Crippen LogP contribution in [0.25, 0.3) is 11.4 Å². The molecule has 6 nitrogen and oxygen atoms in total. The van der Waals surface area contributed by atoms with E-state index in [0.717, 1.165) is 6.07 Å². The monoisotopic (exact) mass is 424 g/mol. The lowest BCUT2D eigenvalue weighted by Crippen LogP contribution is -2.13. The highest BCUT2D eigenvalue weighted by Crippen LogP contribution is 2.37. The number of nitrogens with two attached hydrogens (primary N) is 1. The van der Waals surface area contributed by atoms with Crippen LogP contribution in [0, 0.1) is 0 Å². The lowest BCUT2D eigenvalue weighted by molar-refractivity contribution is -0.137. The second kappa shape index (κ2) is 7.75. The molecule has 0 spiro atoms. The summed E-state index contributed by atoms with van der Waals surface area (Å²) in [6, 6.07) is 9.44. The van der Waals surface area contributed by atoms with Gasteiger partial charge in [0.15, 0.2) is 17.8 Å². The van der Waals surface area contributed by atoms with Gasteiger partial charge in [-0.2, -0.15) is 13.2 Å². The second-order valence-electron chi connectivity index (χ2n) is 6.25. The van der Waals surface area contributed by atoms with E-state index in [-0.39, 0.29) is 27.7 Å². The van der Waals surface area contributed by atoms with Gasteiger partial charge in [-0.3, -0.25) is 4.79 Å². The smallest absolute Gasteiger partial charge is 0.417 e. The van der Waals surface area contributed by atoms with E-state index < -0.39 is 23.8 Å². The average Bonchev–Trinajstić information content (AvgIpc) is 3.04. The van der Waals surface area contributed by atoms with E-state index in [1.807, 2.05) is 0 Å². The molecule has 1 atom stereocenters. The number of benzene rings is 2. The van der Waals surface area contributed by atoms with Crippen molar-refractivity contribution >= 4 is 17.5 Å². The van der Waals surface area contributed by atoms with Crippen molar-refractivity contribution in [2.24, 2.45) is 12.8 Å². The number of alkyl halides is 3. The summed E-state index contributed by atoms with van der Waals surface area (Å²) in [5.74, 6) is -0.0113. The lowest BCUT2D eigenvalue weighted by Gasteiger charge is -2.16. The minimum Gasteiger partial charge on any atom is -0.481 e. The van der Waals surface area contributed by atoms with Gasteiger partial charge < -0.3 is 15.0 Å². The lowest BCUT2D eigenvalue weighted by atomic mass is 10.1. The molecular weight excluding hydrogens is 409 g/mol. The zero-order valence-corrected chi connectivity index (χ0v) is 16.1. The molecule has 3 rings (SSSR count). The molecule has 2 aromatic carbocycles. The van der Waals surface area contributed by atoms with Crippen LogP contribution in [0.3, 0.4) is 0 Å². The van der Waals surface area contributed by atoms with Crippen LogP contribution in [0.2, 0.25) is 5.02 Å². The molecule has 0 unspecified atom stereocenters. The number of halogens is 4. The summed E-state index contributed by atoms with van der Waals surface area (Å²) in [7, 11) is 1.55. The zero-order chi connectivity index (χ0) is 21.3. The van der Waals surface area contributed by atoms with Crippen molar-refractivity contribution in [1.29, 1.82) is 0 Å². The number of carbonyl (C=O) groups is 1. The van der Waals surface area contributed by atoms with E-state index in [4.69, 9.17) is 22.1 Å². The van der Waals surface area contributed by atoms with Gasteiger partial charge in [0, 0.05) is 18.2 Å². The Labute approximate surface area is 169 Å². The van der Waals surface area contributed by atoms with E-state index >= 15 is 0 Å². The molecular formula is C19H16ClF3N4O2. The average molecular weight is 425 g/mol. The molecule has 1 heterocycles. The van der Waals surface area contributed by atoms with E-state index in [1.165, 1.54) is 41.0 Å². The number of primary amides is 1. The SMILES string of the molecule is C[C@H](Oc1ccc(C(N)=O)cc1Cl)c1nnc(-c2ccccc2C(F)(F)F)n1C. The summed E-state index contributed by atoms with van der Waals surface area (Å²) in [6.45, 7) is 1.65. The summed E-state index contributed by atoms with van der Waals surface area (Å²) < 4.78 is 47.2. The van der Waals surface area contributed by atoms with Gasteiger partial charge in [-0.25, -0.2) is 0 Å². The second-order valence-corrected chi connectivity index (χ2v) is 6.66. The highest BCUT2D eigenvalue weighted by atomic mass is 35.5. The molecule has 2 N–H and O–H groups in total. The highest BCUT2D eigenvalue weighted by molar-refractivity contribution is 6.32. The minimum atomic E-state index is -4.53. The summed E-state index contributed by atoms with van der Waals surface area (Å²) >= 11 is 6.12. The van der Waals surface area contributed by atoms with Crippen LogP contribution in [-0.4, -0.2) is 20.7 Å². The van der Waals surface area contributed by atoms with Crippen LogP contribution >= 0.6 is 11.6 Å². The fourth-order valence-corrected chi connectivity index (χ4v) is 3.07. The highest BCUT2D eigenvalue weighted by Gasteiger charge is 2.35. The Bertz CT molecular complexity index is 1070. The van der Waals surface area contributed by atoms with E-state index in [9.17, 15) is 18.0 Å². The van der Waals surface area contributed by atoms with Gasteiger partial charge in [0.25, 0.3) is 0 Å². The Morgan fingerprint density at radius 2 is 1.90 bits per heavy atom. The van der Waals surface area contributed by atoms with Gasteiger partial charge >= 0.3 is 6.18 Å². The Morgan fingerprint density at radius 3 is 2.52 bits per heavy atom. The standard InChI is InChI=1S/C19H16ClF3N4O2/c1-10(29-15-8-7-11(16(24)28)9-14(15)20)17-25-26-18(27(17)2)12-5-3-4-6-13(12)19(21,22)23/h3-10H,1-2H3,(H2,24,28)/t10-/m0/s1. The third-order valence-corrected chi connectivity index (χ3v) is 4.56. The molecule has 1 amide bonds. The predicted octanol–water partition coefficient (Wildman–Crippen LogP) is 4.39. The number of aromatic nitrogens is 3. The van der Waals surface area contributed by atoms with Crippen molar-refractivity contribution in [3.05, 3.63) is 64.4 Å². The number of nitrogens with zero attached hydrogens (tertiary/aromatic N) is 3. The molecule has 152 valence electrons. The van der Waals surface area contributed by atoms with Crippen LogP contribution in [0.4, 0.5) is 13.2 Å². The Morgan fingerprint density at radius 1 is 1.21 bits per heavy atom. The summed E-state index contributed by atoms with van der Waals surface area (Å²) in [5.41, 5.74) is 4.54. The molecule has 0 aliphatic rings. The molecule has 0 aliphatic heterocycles. The first-order valence-electron chi connectivity index (χ1n) is 8.41. The fourth-order valence-electron chi connectivity index (χ4n) is 2.85. The fraction of sp³-hybridized carbons (Fsp3) is 0.211. The van der Waals surface area contributed by atoms with Crippen molar-refractivity contribution in [1.82, 2.24) is 14.8 Å². The quantitative estimate of drug-likeness (QED) is 0.658. The molecule has 3 aromatic rings. The maximum Gasteiger partial charge on any atom is 0.417 e. The van der Waals surface area contributed by atoms with Crippen molar-refractivity contribution < 1.29 is 22.7 Å². The summed E-state index contributed by atoms with van der Waals surface area (Å²) in [4.78, 5) is 11.2. The first kappa shape index (κ1) is 20.7. The molecule has 0 aliphatic carbocycles. The molecule has 10 heteroatoms.